The van der Waals surface area contributed by atoms with Gasteiger partial charge in [0.15, 0.2) is 0 Å². The van der Waals surface area contributed by atoms with Crippen molar-refractivity contribution < 1.29 is 0 Å². The Hall–Kier alpha value is -0.520. The minimum atomic E-state index is 0.404. The van der Waals surface area contributed by atoms with Gasteiger partial charge in [-0.2, -0.15) is 0 Å². The Bertz CT molecular complexity index is 183. The molecule has 0 aromatic carbocycles. The molecule has 0 bridgehead atoms. The maximum atomic E-state index is 5.84. The van der Waals surface area contributed by atoms with Crippen molar-refractivity contribution in [2.75, 3.05) is 0 Å². The third-order valence-corrected chi connectivity index (χ3v) is 2.80. The molecule has 2 nitrogen and oxygen atoms in total. The normalized spacial score (nSPS) is 29.9. The van der Waals surface area contributed by atoms with Gasteiger partial charge in [-0.25, -0.2) is 0 Å². The zero-order valence-electron chi connectivity index (χ0n) is 8.42. The van der Waals surface area contributed by atoms with E-state index in [0.717, 1.165) is 25.7 Å². The highest BCUT2D eigenvalue weighted by Gasteiger charge is 2.22. The van der Waals surface area contributed by atoms with Crippen LogP contribution < -0.4 is 11.1 Å². The SMILES string of the molecule is C#CCC(CC)NC1CCC(N)C1. The van der Waals surface area contributed by atoms with Gasteiger partial charge in [-0.1, -0.05) is 6.92 Å². The van der Waals surface area contributed by atoms with Gasteiger partial charge in [-0.15, -0.1) is 12.3 Å². The van der Waals surface area contributed by atoms with Crippen molar-refractivity contribution in [3.05, 3.63) is 0 Å². The number of hydrogen-bond acceptors (Lipinski definition) is 2. The predicted molar refractivity (Wildman–Crippen MR) is 56.3 cm³/mol. The van der Waals surface area contributed by atoms with E-state index in [2.05, 4.69) is 18.2 Å². The van der Waals surface area contributed by atoms with Crippen molar-refractivity contribution in [3.8, 4) is 12.3 Å². The number of rotatable bonds is 4. The Kier molecular flexibility index (Phi) is 4.27. The van der Waals surface area contributed by atoms with E-state index in [4.69, 9.17) is 12.2 Å². The Balaban J connectivity index is 2.26. The molecule has 0 aromatic rings. The zero-order valence-corrected chi connectivity index (χ0v) is 8.42. The lowest BCUT2D eigenvalue weighted by atomic mass is 10.1. The second kappa shape index (κ2) is 5.26. The van der Waals surface area contributed by atoms with E-state index in [-0.39, 0.29) is 0 Å². The topological polar surface area (TPSA) is 38.0 Å². The van der Waals surface area contributed by atoms with Crippen LogP contribution in [0.4, 0.5) is 0 Å². The molecule has 0 amide bonds. The molecule has 0 heterocycles. The molecule has 3 N–H and O–H groups in total. The predicted octanol–water partition coefficient (Wildman–Crippen LogP) is 1.26. The van der Waals surface area contributed by atoms with Gasteiger partial charge in [0.1, 0.15) is 0 Å². The van der Waals surface area contributed by atoms with Crippen LogP contribution in [0, 0.1) is 12.3 Å². The Morgan fingerprint density at radius 3 is 2.85 bits per heavy atom. The molecule has 0 aliphatic heterocycles. The Morgan fingerprint density at radius 1 is 1.62 bits per heavy atom. The fourth-order valence-electron chi connectivity index (χ4n) is 1.96. The first kappa shape index (κ1) is 10.6. The summed E-state index contributed by atoms with van der Waals surface area (Å²) in [7, 11) is 0. The molecule has 0 radical (unpaired) electrons. The largest absolute Gasteiger partial charge is 0.328 e. The second-order valence-electron chi connectivity index (χ2n) is 3.95. The van der Waals surface area contributed by atoms with Crippen LogP contribution in [0.1, 0.15) is 39.0 Å². The van der Waals surface area contributed by atoms with Crippen LogP contribution in [0.5, 0.6) is 0 Å². The van der Waals surface area contributed by atoms with Crippen LogP contribution in [0.25, 0.3) is 0 Å². The van der Waals surface area contributed by atoms with Crippen molar-refractivity contribution in [1.82, 2.24) is 5.32 Å². The molecule has 1 rings (SSSR count). The number of terminal acetylenes is 1. The maximum Gasteiger partial charge on any atom is 0.0240 e. The van der Waals surface area contributed by atoms with E-state index >= 15 is 0 Å². The third-order valence-electron chi connectivity index (χ3n) is 2.80. The lowest BCUT2D eigenvalue weighted by Crippen LogP contribution is -2.37. The summed E-state index contributed by atoms with van der Waals surface area (Å²) in [5, 5.41) is 3.57. The van der Waals surface area contributed by atoms with Crippen LogP contribution in [0.3, 0.4) is 0 Å². The first-order valence-electron chi connectivity index (χ1n) is 5.21. The van der Waals surface area contributed by atoms with Gasteiger partial charge in [0.2, 0.25) is 0 Å². The highest BCUT2D eigenvalue weighted by molar-refractivity contribution is 4.92. The van der Waals surface area contributed by atoms with Crippen LogP contribution in [-0.4, -0.2) is 18.1 Å². The highest BCUT2D eigenvalue weighted by atomic mass is 15.0. The molecule has 1 aliphatic rings. The van der Waals surface area contributed by atoms with E-state index in [9.17, 15) is 0 Å². The average Bonchev–Trinajstić information content (AvgIpc) is 2.50. The summed E-state index contributed by atoms with van der Waals surface area (Å²) in [6.07, 6.45) is 10.7. The Morgan fingerprint density at radius 2 is 2.38 bits per heavy atom. The summed E-state index contributed by atoms with van der Waals surface area (Å²) in [5.41, 5.74) is 5.84. The molecule has 1 fully saturated rings. The van der Waals surface area contributed by atoms with Gasteiger partial charge < -0.3 is 11.1 Å². The summed E-state index contributed by atoms with van der Waals surface area (Å²) in [6.45, 7) is 2.17. The van der Waals surface area contributed by atoms with Gasteiger partial charge in [0.25, 0.3) is 0 Å². The van der Waals surface area contributed by atoms with Gasteiger partial charge in [-0.05, 0) is 25.7 Å². The molecule has 0 spiro atoms. The van der Waals surface area contributed by atoms with Gasteiger partial charge in [-0.3, -0.25) is 0 Å². The van der Waals surface area contributed by atoms with Gasteiger partial charge >= 0.3 is 0 Å². The summed E-state index contributed by atoms with van der Waals surface area (Å²) in [6, 6.07) is 1.49. The monoisotopic (exact) mass is 180 g/mol. The molecule has 1 aliphatic carbocycles. The van der Waals surface area contributed by atoms with E-state index in [1.807, 2.05) is 0 Å². The quantitative estimate of drug-likeness (QED) is 0.639. The maximum absolute atomic E-state index is 5.84. The number of nitrogens with one attached hydrogen (secondary N) is 1. The van der Waals surface area contributed by atoms with Crippen molar-refractivity contribution in [2.45, 2.75) is 57.2 Å². The van der Waals surface area contributed by atoms with E-state index < -0.39 is 0 Å². The van der Waals surface area contributed by atoms with Crippen LogP contribution in [0.2, 0.25) is 0 Å². The van der Waals surface area contributed by atoms with Crippen molar-refractivity contribution in [3.63, 3.8) is 0 Å². The third kappa shape index (κ3) is 3.38. The fourth-order valence-corrected chi connectivity index (χ4v) is 1.96. The summed E-state index contributed by atoms with van der Waals surface area (Å²) >= 11 is 0. The average molecular weight is 180 g/mol. The minimum absolute atomic E-state index is 0.404. The molecule has 74 valence electrons. The lowest BCUT2D eigenvalue weighted by Gasteiger charge is -2.19. The standard InChI is InChI=1S/C11H20N2/c1-3-5-10(4-2)13-11-7-6-9(12)8-11/h1,9-11,13H,4-8,12H2,2H3. The Labute approximate surface area is 81.3 Å². The summed E-state index contributed by atoms with van der Waals surface area (Å²) in [5.74, 6) is 2.71. The second-order valence-corrected chi connectivity index (χ2v) is 3.95. The first-order valence-corrected chi connectivity index (χ1v) is 5.21. The lowest BCUT2D eigenvalue weighted by molar-refractivity contribution is 0.422. The van der Waals surface area contributed by atoms with E-state index in [1.165, 1.54) is 6.42 Å². The molecule has 0 aromatic heterocycles. The zero-order chi connectivity index (χ0) is 9.68. The molecular weight excluding hydrogens is 160 g/mol. The molecule has 3 atom stereocenters. The highest BCUT2D eigenvalue weighted by Crippen LogP contribution is 2.18. The van der Waals surface area contributed by atoms with Crippen LogP contribution in [0.15, 0.2) is 0 Å². The van der Waals surface area contributed by atoms with Crippen molar-refractivity contribution in [1.29, 1.82) is 0 Å². The van der Waals surface area contributed by atoms with E-state index in [0.29, 0.717) is 18.1 Å². The van der Waals surface area contributed by atoms with Gasteiger partial charge in [0.05, 0.1) is 0 Å². The minimum Gasteiger partial charge on any atom is -0.328 e. The fraction of sp³-hybridized carbons (Fsp3) is 0.818. The van der Waals surface area contributed by atoms with E-state index in [1.54, 1.807) is 0 Å². The summed E-state index contributed by atoms with van der Waals surface area (Å²) in [4.78, 5) is 0. The van der Waals surface area contributed by atoms with Gasteiger partial charge in [0, 0.05) is 24.5 Å². The van der Waals surface area contributed by atoms with Crippen LogP contribution >= 0.6 is 0 Å². The first-order chi connectivity index (χ1) is 6.26. The van der Waals surface area contributed by atoms with Crippen molar-refractivity contribution in [2.24, 2.45) is 5.73 Å². The van der Waals surface area contributed by atoms with Crippen LogP contribution in [-0.2, 0) is 0 Å². The van der Waals surface area contributed by atoms with Crippen molar-refractivity contribution >= 4 is 0 Å². The molecule has 2 heteroatoms. The molecule has 1 saturated carbocycles. The molecule has 0 saturated heterocycles. The molecule has 3 unspecified atom stereocenters. The number of nitrogens with two attached hydrogens (primary N) is 1. The molecular formula is C11H20N2. The number of hydrogen-bond donors (Lipinski definition) is 2. The summed E-state index contributed by atoms with van der Waals surface area (Å²) < 4.78 is 0. The smallest absolute Gasteiger partial charge is 0.0240 e. The molecule has 13 heavy (non-hydrogen) atoms.